The number of aromatic nitrogens is 4. The molecule has 4 aromatic heterocycles. The minimum atomic E-state index is -0.595. The number of hydrogen-bond acceptors (Lipinski definition) is 6. The number of fused-ring (bicyclic) bond motifs is 2. The number of halogens is 1. The molecule has 0 saturated heterocycles. The van der Waals surface area contributed by atoms with Crippen LogP contribution in [-0.2, 0) is 16.0 Å². The van der Waals surface area contributed by atoms with E-state index in [-0.39, 0.29) is 0 Å². The SMILES string of the molecule is COCCn1cc(-c2csc(-c3cn(C(=O)OC(C)(C)C)c4ccc(Br)cc34)n2)c2cccnc21. The highest BCUT2D eigenvalue weighted by atomic mass is 79.9. The summed E-state index contributed by atoms with van der Waals surface area (Å²) in [6.45, 7) is 6.89. The van der Waals surface area contributed by atoms with E-state index in [0.717, 1.165) is 48.2 Å². The lowest BCUT2D eigenvalue weighted by atomic mass is 10.1. The first-order valence-corrected chi connectivity index (χ1v) is 12.9. The summed E-state index contributed by atoms with van der Waals surface area (Å²) in [6.07, 6.45) is 5.28. The first-order chi connectivity index (χ1) is 16.7. The molecule has 0 amide bonds. The van der Waals surface area contributed by atoms with Gasteiger partial charge in [0.25, 0.3) is 0 Å². The topological polar surface area (TPSA) is 71.2 Å². The van der Waals surface area contributed by atoms with Crippen molar-refractivity contribution in [2.75, 3.05) is 13.7 Å². The van der Waals surface area contributed by atoms with Gasteiger partial charge in [-0.05, 0) is 51.1 Å². The van der Waals surface area contributed by atoms with Crippen LogP contribution >= 0.6 is 27.3 Å². The van der Waals surface area contributed by atoms with Gasteiger partial charge < -0.3 is 14.0 Å². The number of thiazole rings is 1. The Labute approximate surface area is 215 Å². The van der Waals surface area contributed by atoms with E-state index < -0.39 is 11.7 Å². The molecule has 7 nitrogen and oxygen atoms in total. The monoisotopic (exact) mass is 552 g/mol. The Morgan fingerprint density at radius 1 is 1.14 bits per heavy atom. The van der Waals surface area contributed by atoms with Crippen molar-refractivity contribution < 1.29 is 14.3 Å². The molecule has 35 heavy (non-hydrogen) atoms. The van der Waals surface area contributed by atoms with Crippen LogP contribution in [0.5, 0.6) is 0 Å². The highest BCUT2D eigenvalue weighted by molar-refractivity contribution is 9.10. The zero-order valence-electron chi connectivity index (χ0n) is 19.9. The van der Waals surface area contributed by atoms with Crippen LogP contribution < -0.4 is 0 Å². The maximum atomic E-state index is 13.0. The van der Waals surface area contributed by atoms with E-state index in [2.05, 4.69) is 37.7 Å². The summed E-state index contributed by atoms with van der Waals surface area (Å²) in [5, 5.41) is 4.84. The molecule has 4 heterocycles. The Bertz CT molecular complexity index is 1540. The standard InChI is InChI=1S/C26H25BrN4O3S/c1-26(2,3)34-25(32)31-14-20(18-12-16(27)7-8-22(18)31)24-29-21(15-35-24)19-13-30(10-11-33-4)23-17(19)6-5-9-28-23/h5-9,12-15H,10-11H2,1-4H3. The second-order valence-corrected chi connectivity index (χ2v) is 11.0. The number of methoxy groups -OCH3 is 1. The average Bonchev–Trinajstić information content (AvgIpc) is 3.51. The lowest BCUT2D eigenvalue weighted by Gasteiger charge is -2.19. The molecule has 0 unspecified atom stereocenters. The van der Waals surface area contributed by atoms with Gasteiger partial charge in [-0.15, -0.1) is 11.3 Å². The molecule has 9 heteroatoms. The van der Waals surface area contributed by atoms with E-state index in [0.29, 0.717) is 13.2 Å². The quantitative estimate of drug-likeness (QED) is 0.235. The van der Waals surface area contributed by atoms with Crippen molar-refractivity contribution in [3.05, 3.63) is 58.8 Å². The Morgan fingerprint density at radius 2 is 1.97 bits per heavy atom. The molecular formula is C26H25BrN4O3S. The molecular weight excluding hydrogens is 528 g/mol. The maximum absolute atomic E-state index is 13.0. The van der Waals surface area contributed by atoms with Gasteiger partial charge in [-0.25, -0.2) is 14.8 Å². The van der Waals surface area contributed by atoms with Gasteiger partial charge in [-0.3, -0.25) is 4.57 Å². The van der Waals surface area contributed by atoms with E-state index >= 15 is 0 Å². The van der Waals surface area contributed by atoms with Gasteiger partial charge in [0.15, 0.2) is 0 Å². The Morgan fingerprint density at radius 3 is 2.74 bits per heavy atom. The van der Waals surface area contributed by atoms with Gasteiger partial charge in [-0.1, -0.05) is 15.9 Å². The lowest BCUT2D eigenvalue weighted by molar-refractivity contribution is 0.0544. The van der Waals surface area contributed by atoms with Crippen LogP contribution in [0, 0.1) is 0 Å². The van der Waals surface area contributed by atoms with Crippen molar-refractivity contribution in [2.45, 2.75) is 32.9 Å². The molecule has 0 aliphatic carbocycles. The largest absolute Gasteiger partial charge is 0.443 e. The third kappa shape index (κ3) is 4.63. The van der Waals surface area contributed by atoms with Crippen LogP contribution in [0.2, 0.25) is 0 Å². The van der Waals surface area contributed by atoms with Gasteiger partial charge in [-0.2, -0.15) is 0 Å². The molecule has 0 atom stereocenters. The van der Waals surface area contributed by atoms with E-state index in [4.69, 9.17) is 14.5 Å². The van der Waals surface area contributed by atoms with Crippen LogP contribution in [0.25, 0.3) is 43.8 Å². The van der Waals surface area contributed by atoms with E-state index in [1.165, 1.54) is 0 Å². The zero-order chi connectivity index (χ0) is 24.7. The number of rotatable bonds is 5. The number of carbonyl (C=O) groups is 1. The molecule has 180 valence electrons. The van der Waals surface area contributed by atoms with Gasteiger partial charge in [0.2, 0.25) is 0 Å². The lowest BCUT2D eigenvalue weighted by Crippen LogP contribution is -2.26. The summed E-state index contributed by atoms with van der Waals surface area (Å²) in [4.78, 5) is 22.5. The Balaban J connectivity index is 1.60. The van der Waals surface area contributed by atoms with Crippen molar-refractivity contribution in [2.24, 2.45) is 0 Å². The summed E-state index contributed by atoms with van der Waals surface area (Å²) in [7, 11) is 1.69. The number of ether oxygens (including phenoxy) is 2. The van der Waals surface area contributed by atoms with Gasteiger partial charge in [0, 0.05) is 64.0 Å². The summed E-state index contributed by atoms with van der Waals surface area (Å²) in [6, 6.07) is 9.84. The molecule has 1 aromatic carbocycles. The zero-order valence-corrected chi connectivity index (χ0v) is 22.3. The number of hydrogen-bond donors (Lipinski definition) is 0. The van der Waals surface area contributed by atoms with Crippen LogP contribution in [0.15, 0.2) is 58.8 Å². The van der Waals surface area contributed by atoms with Crippen LogP contribution in [0.1, 0.15) is 20.8 Å². The molecule has 0 bridgehead atoms. The fourth-order valence-electron chi connectivity index (χ4n) is 4.04. The van der Waals surface area contributed by atoms with Crippen LogP contribution in [-0.4, -0.2) is 44.5 Å². The van der Waals surface area contributed by atoms with Gasteiger partial charge in [0.05, 0.1) is 17.8 Å². The first-order valence-electron chi connectivity index (χ1n) is 11.2. The third-order valence-electron chi connectivity index (χ3n) is 5.54. The van der Waals surface area contributed by atoms with Crippen molar-refractivity contribution >= 4 is 55.3 Å². The maximum Gasteiger partial charge on any atom is 0.419 e. The van der Waals surface area contributed by atoms with Crippen molar-refractivity contribution in [1.29, 1.82) is 0 Å². The van der Waals surface area contributed by atoms with E-state index in [9.17, 15) is 4.79 Å². The summed E-state index contributed by atoms with van der Waals surface area (Å²) >= 11 is 5.11. The molecule has 5 rings (SSSR count). The smallest absolute Gasteiger partial charge is 0.419 e. The Kier molecular flexibility index (Phi) is 6.25. The van der Waals surface area contributed by atoms with Crippen molar-refractivity contribution in [1.82, 2.24) is 19.1 Å². The minimum absolute atomic E-state index is 0.417. The molecule has 0 aliphatic rings. The molecule has 0 saturated carbocycles. The fourth-order valence-corrected chi connectivity index (χ4v) is 5.25. The van der Waals surface area contributed by atoms with Crippen molar-refractivity contribution in [3.63, 3.8) is 0 Å². The molecule has 0 radical (unpaired) electrons. The third-order valence-corrected chi connectivity index (χ3v) is 6.91. The highest BCUT2D eigenvalue weighted by Gasteiger charge is 2.23. The summed E-state index contributed by atoms with van der Waals surface area (Å²) < 4.78 is 15.5. The molecule has 0 spiro atoms. The normalized spacial score (nSPS) is 12.0. The van der Waals surface area contributed by atoms with E-state index in [1.54, 1.807) is 29.2 Å². The number of carbonyl (C=O) groups excluding carboxylic acids is 1. The second-order valence-electron chi connectivity index (χ2n) is 9.20. The highest BCUT2D eigenvalue weighted by Crippen LogP contribution is 2.38. The molecule has 0 N–H and O–H groups in total. The predicted octanol–water partition coefficient (Wildman–Crippen LogP) is 6.97. The van der Waals surface area contributed by atoms with Gasteiger partial charge >= 0.3 is 6.09 Å². The second kappa shape index (κ2) is 9.22. The first kappa shape index (κ1) is 23.7. The van der Waals surface area contributed by atoms with Crippen LogP contribution in [0.4, 0.5) is 4.79 Å². The molecule has 0 aliphatic heterocycles. The Hall–Kier alpha value is -3.01. The molecule has 0 fully saturated rings. The summed E-state index contributed by atoms with van der Waals surface area (Å²) in [5.41, 5.74) is 3.85. The average molecular weight is 553 g/mol. The van der Waals surface area contributed by atoms with Crippen LogP contribution in [0.3, 0.4) is 0 Å². The van der Waals surface area contributed by atoms with Crippen molar-refractivity contribution in [3.8, 4) is 21.8 Å². The minimum Gasteiger partial charge on any atom is -0.443 e. The molecule has 5 aromatic rings. The fraction of sp³-hybridized carbons (Fsp3) is 0.269. The van der Waals surface area contributed by atoms with Gasteiger partial charge in [0.1, 0.15) is 16.3 Å². The number of benzene rings is 1. The predicted molar refractivity (Wildman–Crippen MR) is 143 cm³/mol. The summed E-state index contributed by atoms with van der Waals surface area (Å²) in [5.74, 6) is 0. The number of nitrogens with zero attached hydrogens (tertiary/aromatic N) is 4. The van der Waals surface area contributed by atoms with E-state index in [1.807, 2.05) is 56.6 Å². The number of pyridine rings is 1.